The molecule has 3 N–H and O–H groups in total. The fraction of sp³-hybridized carbons (Fsp3) is 0.182. The van der Waals surface area contributed by atoms with E-state index in [1.165, 1.54) is 0 Å². The quantitative estimate of drug-likeness (QED) is 0.536. The number of rotatable bonds is 7. The lowest BCUT2D eigenvalue weighted by Crippen LogP contribution is -2.19. The molecule has 2 aromatic carbocycles. The van der Waals surface area contributed by atoms with E-state index in [4.69, 9.17) is 9.47 Å². The summed E-state index contributed by atoms with van der Waals surface area (Å²) < 4.78 is 10.7. The van der Waals surface area contributed by atoms with Gasteiger partial charge in [-0.05, 0) is 61.0 Å². The predicted molar refractivity (Wildman–Crippen MR) is 116 cm³/mol. The standard InChI is InChI=1S/C22H24N4O3/c1-4-23-21-13-15(11-12-24-21)19-10-7-17(14-20(19)29-3)26-22(27)25-16-5-8-18(28-2)9-6-16/h5-14H,4H2,1-3H3,(H,23,24)(H2,25,26,27). The second-order valence-electron chi connectivity index (χ2n) is 6.18. The van der Waals surface area contributed by atoms with Crippen molar-refractivity contribution in [2.75, 3.05) is 36.7 Å². The molecule has 1 aromatic heterocycles. The minimum Gasteiger partial charge on any atom is -0.497 e. The fourth-order valence-corrected chi connectivity index (χ4v) is 2.85. The number of urea groups is 1. The maximum absolute atomic E-state index is 12.3. The minimum absolute atomic E-state index is 0.344. The number of nitrogens with zero attached hydrogens (tertiary/aromatic N) is 1. The molecule has 0 atom stereocenters. The highest BCUT2D eigenvalue weighted by Gasteiger charge is 2.10. The van der Waals surface area contributed by atoms with Gasteiger partial charge in [0.15, 0.2) is 0 Å². The summed E-state index contributed by atoms with van der Waals surface area (Å²) >= 11 is 0. The molecule has 7 heteroatoms. The van der Waals surface area contributed by atoms with Gasteiger partial charge >= 0.3 is 6.03 Å². The Hall–Kier alpha value is -3.74. The van der Waals surface area contributed by atoms with Gasteiger partial charge in [0.2, 0.25) is 0 Å². The van der Waals surface area contributed by atoms with Crippen LogP contribution in [-0.4, -0.2) is 31.8 Å². The molecule has 150 valence electrons. The van der Waals surface area contributed by atoms with Crippen molar-refractivity contribution in [3.63, 3.8) is 0 Å². The molecule has 0 saturated heterocycles. The lowest BCUT2D eigenvalue weighted by atomic mass is 10.0. The maximum Gasteiger partial charge on any atom is 0.323 e. The molecule has 29 heavy (non-hydrogen) atoms. The SMILES string of the molecule is CCNc1cc(-c2ccc(NC(=O)Nc3ccc(OC)cc3)cc2OC)ccn1. The molecule has 0 unspecified atom stereocenters. The topological polar surface area (TPSA) is 84.5 Å². The Morgan fingerprint density at radius 1 is 0.931 bits per heavy atom. The van der Waals surface area contributed by atoms with Crippen LogP contribution >= 0.6 is 0 Å². The van der Waals surface area contributed by atoms with Gasteiger partial charge in [-0.2, -0.15) is 0 Å². The van der Waals surface area contributed by atoms with Crippen LogP contribution in [0.5, 0.6) is 11.5 Å². The molecule has 7 nitrogen and oxygen atoms in total. The van der Waals surface area contributed by atoms with Gasteiger partial charge in [0.05, 0.1) is 14.2 Å². The van der Waals surface area contributed by atoms with E-state index in [0.717, 1.165) is 29.2 Å². The number of hydrogen-bond acceptors (Lipinski definition) is 5. The number of nitrogens with one attached hydrogen (secondary N) is 3. The first-order valence-corrected chi connectivity index (χ1v) is 9.23. The van der Waals surface area contributed by atoms with E-state index >= 15 is 0 Å². The van der Waals surface area contributed by atoms with Gasteiger partial charge in [-0.25, -0.2) is 9.78 Å². The van der Waals surface area contributed by atoms with E-state index in [9.17, 15) is 4.79 Å². The molecule has 0 fully saturated rings. The number of hydrogen-bond donors (Lipinski definition) is 3. The highest BCUT2D eigenvalue weighted by Crippen LogP contribution is 2.33. The van der Waals surface area contributed by atoms with Crippen LogP contribution in [0.1, 0.15) is 6.92 Å². The normalized spacial score (nSPS) is 10.2. The smallest absolute Gasteiger partial charge is 0.323 e. The maximum atomic E-state index is 12.3. The van der Waals surface area contributed by atoms with Gasteiger partial charge in [-0.1, -0.05) is 0 Å². The Labute approximate surface area is 170 Å². The van der Waals surface area contributed by atoms with Gasteiger partial charge in [0.25, 0.3) is 0 Å². The van der Waals surface area contributed by atoms with Gasteiger partial charge in [0.1, 0.15) is 17.3 Å². The molecule has 0 radical (unpaired) electrons. The van der Waals surface area contributed by atoms with Crippen LogP contribution in [0.4, 0.5) is 22.0 Å². The monoisotopic (exact) mass is 392 g/mol. The zero-order chi connectivity index (χ0) is 20.6. The van der Waals surface area contributed by atoms with Crippen LogP contribution in [0.25, 0.3) is 11.1 Å². The van der Waals surface area contributed by atoms with Crippen LogP contribution in [0.3, 0.4) is 0 Å². The summed E-state index contributed by atoms with van der Waals surface area (Å²) in [4.78, 5) is 16.6. The van der Waals surface area contributed by atoms with Gasteiger partial charge in [-0.3, -0.25) is 0 Å². The molecule has 2 amide bonds. The molecular formula is C22H24N4O3. The van der Waals surface area contributed by atoms with Crippen LogP contribution in [0, 0.1) is 0 Å². The predicted octanol–water partition coefficient (Wildman–Crippen LogP) is 4.84. The number of aromatic nitrogens is 1. The number of carbonyl (C=O) groups excluding carboxylic acids is 1. The number of pyridine rings is 1. The molecule has 0 aliphatic heterocycles. The highest BCUT2D eigenvalue weighted by molar-refractivity contribution is 6.00. The molecule has 3 rings (SSSR count). The summed E-state index contributed by atoms with van der Waals surface area (Å²) in [7, 11) is 3.20. The molecule has 0 saturated carbocycles. The zero-order valence-electron chi connectivity index (χ0n) is 16.7. The van der Waals surface area contributed by atoms with Crippen molar-refractivity contribution in [3.05, 3.63) is 60.8 Å². The Bertz CT molecular complexity index is 974. The Kier molecular flexibility index (Phi) is 6.52. The number of ether oxygens (including phenoxy) is 2. The van der Waals surface area contributed by atoms with Crippen LogP contribution in [0.2, 0.25) is 0 Å². The summed E-state index contributed by atoms with van der Waals surface area (Å²) in [5, 5.41) is 8.80. The van der Waals surface area contributed by atoms with Crippen LogP contribution < -0.4 is 25.4 Å². The summed E-state index contributed by atoms with van der Waals surface area (Å²) in [6.45, 7) is 2.81. The highest BCUT2D eigenvalue weighted by atomic mass is 16.5. The first kappa shape index (κ1) is 20.0. The second kappa shape index (κ2) is 9.45. The number of benzene rings is 2. The fourth-order valence-electron chi connectivity index (χ4n) is 2.85. The van der Waals surface area contributed by atoms with Crippen molar-refractivity contribution in [2.45, 2.75) is 6.92 Å². The molecule has 0 aliphatic carbocycles. The third-order valence-corrected chi connectivity index (χ3v) is 4.24. The first-order chi connectivity index (χ1) is 14.1. The third kappa shape index (κ3) is 5.16. The molecule has 0 aliphatic rings. The summed E-state index contributed by atoms with van der Waals surface area (Å²) in [5.74, 6) is 2.18. The molecule has 1 heterocycles. The minimum atomic E-state index is -0.344. The van der Waals surface area contributed by atoms with E-state index in [1.54, 1.807) is 50.7 Å². The van der Waals surface area contributed by atoms with Crippen molar-refractivity contribution in [2.24, 2.45) is 0 Å². The average molecular weight is 392 g/mol. The Morgan fingerprint density at radius 3 is 2.34 bits per heavy atom. The average Bonchev–Trinajstić information content (AvgIpc) is 2.74. The van der Waals surface area contributed by atoms with E-state index in [-0.39, 0.29) is 6.03 Å². The van der Waals surface area contributed by atoms with Gasteiger partial charge in [-0.15, -0.1) is 0 Å². The number of carbonyl (C=O) groups is 1. The van der Waals surface area contributed by atoms with Crippen LogP contribution in [0.15, 0.2) is 60.8 Å². The lowest BCUT2D eigenvalue weighted by Gasteiger charge is -2.13. The van der Waals surface area contributed by atoms with Crippen molar-refractivity contribution in [1.82, 2.24) is 4.98 Å². The lowest BCUT2D eigenvalue weighted by molar-refractivity contribution is 0.262. The number of methoxy groups -OCH3 is 2. The van der Waals surface area contributed by atoms with E-state index in [0.29, 0.717) is 17.1 Å². The third-order valence-electron chi connectivity index (χ3n) is 4.24. The molecular weight excluding hydrogens is 368 g/mol. The first-order valence-electron chi connectivity index (χ1n) is 9.23. The zero-order valence-corrected chi connectivity index (χ0v) is 16.7. The van der Waals surface area contributed by atoms with Gasteiger partial charge < -0.3 is 25.4 Å². The Balaban J connectivity index is 1.74. The van der Waals surface area contributed by atoms with Crippen molar-refractivity contribution in [3.8, 4) is 22.6 Å². The number of amides is 2. The van der Waals surface area contributed by atoms with Crippen molar-refractivity contribution >= 4 is 23.2 Å². The molecule has 3 aromatic rings. The van der Waals surface area contributed by atoms with Crippen molar-refractivity contribution in [1.29, 1.82) is 0 Å². The van der Waals surface area contributed by atoms with Crippen LogP contribution in [-0.2, 0) is 0 Å². The summed E-state index contributed by atoms with van der Waals surface area (Å²) in [6.07, 6.45) is 1.75. The van der Waals surface area contributed by atoms with E-state index in [2.05, 4.69) is 20.9 Å². The van der Waals surface area contributed by atoms with Crippen molar-refractivity contribution < 1.29 is 14.3 Å². The largest absolute Gasteiger partial charge is 0.497 e. The van der Waals surface area contributed by atoms with E-state index < -0.39 is 0 Å². The van der Waals surface area contributed by atoms with E-state index in [1.807, 2.05) is 31.2 Å². The molecule has 0 bridgehead atoms. The van der Waals surface area contributed by atoms with Gasteiger partial charge in [0, 0.05) is 35.7 Å². The number of anilines is 3. The Morgan fingerprint density at radius 2 is 1.66 bits per heavy atom. The molecule has 0 spiro atoms. The summed E-state index contributed by atoms with van der Waals surface area (Å²) in [5.41, 5.74) is 3.18. The second-order valence-corrected chi connectivity index (χ2v) is 6.18. The summed E-state index contributed by atoms with van der Waals surface area (Å²) in [6, 6.07) is 16.2.